The standard InChI is InChI=1S/C23H28F3N3O4S/c1-5-6-7-14-11-29(22(2,3)4)34-20(14)28-19(30)17-10-15(23(24,25)26)8-9-18(17)32-12-16-13-33-21(31)27-16/h8-11,16H,5-7,12-13H2,1-4H3,(H,27,31)/b28-20-/t16-/m1/s1. The average molecular weight is 500 g/mol. The lowest BCUT2D eigenvalue weighted by Crippen LogP contribution is -2.32. The van der Waals surface area contributed by atoms with E-state index in [1.54, 1.807) is 0 Å². The quantitative estimate of drug-likeness (QED) is 0.588. The lowest BCUT2D eigenvalue weighted by atomic mass is 10.1. The van der Waals surface area contributed by atoms with Crippen LogP contribution in [0.3, 0.4) is 0 Å². The lowest BCUT2D eigenvalue weighted by molar-refractivity contribution is -0.137. The normalized spacial score (nSPS) is 17.0. The van der Waals surface area contributed by atoms with Crippen LogP contribution in [0.5, 0.6) is 5.75 Å². The maximum atomic E-state index is 13.4. The Morgan fingerprint density at radius 1 is 1.32 bits per heavy atom. The second kappa shape index (κ2) is 10.2. The van der Waals surface area contributed by atoms with Gasteiger partial charge in [0.05, 0.1) is 11.1 Å². The van der Waals surface area contributed by atoms with Crippen molar-refractivity contribution in [3.63, 3.8) is 0 Å². The summed E-state index contributed by atoms with van der Waals surface area (Å²) in [7, 11) is 0. The van der Waals surface area contributed by atoms with Crippen LogP contribution in [-0.2, 0) is 22.9 Å². The Kier molecular flexibility index (Phi) is 7.74. The third-order valence-corrected chi connectivity index (χ3v) is 6.49. The van der Waals surface area contributed by atoms with Crippen LogP contribution >= 0.6 is 11.5 Å². The van der Waals surface area contributed by atoms with Crippen LogP contribution in [-0.4, -0.2) is 35.2 Å². The molecule has 1 aromatic carbocycles. The summed E-state index contributed by atoms with van der Waals surface area (Å²) in [4.78, 5) is 28.5. The van der Waals surface area contributed by atoms with Crippen LogP contribution in [0.25, 0.3) is 0 Å². The summed E-state index contributed by atoms with van der Waals surface area (Å²) < 4.78 is 52.9. The molecule has 0 saturated carbocycles. The molecule has 3 rings (SSSR count). The molecule has 1 aliphatic heterocycles. The van der Waals surface area contributed by atoms with Crippen molar-refractivity contribution in [3.8, 4) is 5.75 Å². The molecule has 2 aromatic rings. The lowest BCUT2D eigenvalue weighted by Gasteiger charge is -2.19. The van der Waals surface area contributed by atoms with Crippen molar-refractivity contribution in [2.75, 3.05) is 13.2 Å². The second-order valence-electron chi connectivity index (χ2n) is 9.03. The van der Waals surface area contributed by atoms with E-state index in [9.17, 15) is 22.8 Å². The molecular weight excluding hydrogens is 471 g/mol. The van der Waals surface area contributed by atoms with Gasteiger partial charge in [0, 0.05) is 17.3 Å². The maximum absolute atomic E-state index is 13.4. The summed E-state index contributed by atoms with van der Waals surface area (Å²) >= 11 is 1.29. The SMILES string of the molecule is CCCCc1cn(C(C)(C)C)s/c1=N\C(=O)c1cc(C(F)(F)F)ccc1OC[C@@H]1COC(=O)N1. The van der Waals surface area contributed by atoms with E-state index >= 15 is 0 Å². The Labute approximate surface area is 199 Å². The highest BCUT2D eigenvalue weighted by Crippen LogP contribution is 2.33. The molecule has 0 unspecified atom stereocenters. The number of aryl methyl sites for hydroxylation is 1. The molecular formula is C23H28F3N3O4S. The number of carbonyl (C=O) groups excluding carboxylic acids is 2. The third kappa shape index (κ3) is 6.40. The Bertz CT molecular complexity index is 1120. The molecule has 1 aromatic heterocycles. The molecule has 2 heterocycles. The molecule has 0 bridgehead atoms. The van der Waals surface area contributed by atoms with Crippen molar-refractivity contribution in [3.05, 3.63) is 45.8 Å². The zero-order valence-corrected chi connectivity index (χ0v) is 20.3. The fraction of sp³-hybridized carbons (Fsp3) is 0.522. The number of nitrogens with zero attached hydrogens (tertiary/aromatic N) is 2. The fourth-order valence-electron chi connectivity index (χ4n) is 3.19. The number of aromatic nitrogens is 1. The van der Waals surface area contributed by atoms with E-state index in [1.165, 1.54) is 11.5 Å². The number of unbranched alkanes of at least 4 members (excludes halogenated alkanes) is 1. The summed E-state index contributed by atoms with van der Waals surface area (Å²) in [5.74, 6) is -0.869. The van der Waals surface area contributed by atoms with Gasteiger partial charge in [-0.2, -0.15) is 18.2 Å². The zero-order valence-electron chi connectivity index (χ0n) is 19.5. The van der Waals surface area contributed by atoms with Crippen molar-refractivity contribution in [2.45, 2.75) is 64.7 Å². The summed E-state index contributed by atoms with van der Waals surface area (Å²) in [6.45, 7) is 8.10. The van der Waals surface area contributed by atoms with E-state index in [0.29, 0.717) is 11.1 Å². The number of nitrogens with one attached hydrogen (secondary N) is 1. The Hall–Kier alpha value is -2.82. The second-order valence-corrected chi connectivity index (χ2v) is 9.99. The molecule has 1 saturated heterocycles. The van der Waals surface area contributed by atoms with Gasteiger partial charge in [-0.25, -0.2) is 4.79 Å². The smallest absolute Gasteiger partial charge is 0.416 e. The zero-order chi connectivity index (χ0) is 25.1. The van der Waals surface area contributed by atoms with Gasteiger partial charge in [0.1, 0.15) is 29.7 Å². The van der Waals surface area contributed by atoms with Crippen LogP contribution in [0.4, 0.5) is 18.0 Å². The third-order valence-electron chi connectivity index (χ3n) is 5.11. The maximum Gasteiger partial charge on any atom is 0.416 e. The van der Waals surface area contributed by atoms with Gasteiger partial charge in [-0.3, -0.25) is 8.75 Å². The van der Waals surface area contributed by atoms with Crippen molar-refractivity contribution >= 4 is 23.5 Å². The number of amides is 2. The first-order chi connectivity index (χ1) is 15.9. The molecule has 7 nitrogen and oxygen atoms in total. The first kappa shape index (κ1) is 25.8. The molecule has 1 aliphatic rings. The van der Waals surface area contributed by atoms with Gasteiger partial charge < -0.3 is 14.8 Å². The highest BCUT2D eigenvalue weighted by Gasteiger charge is 2.32. The van der Waals surface area contributed by atoms with Gasteiger partial charge in [-0.1, -0.05) is 13.3 Å². The Balaban J connectivity index is 1.99. The van der Waals surface area contributed by atoms with E-state index in [-0.39, 0.29) is 30.1 Å². The number of alkyl halides is 3. The average Bonchev–Trinajstić information content (AvgIpc) is 3.35. The monoisotopic (exact) mass is 499 g/mol. The molecule has 34 heavy (non-hydrogen) atoms. The van der Waals surface area contributed by atoms with Crippen molar-refractivity contribution < 1.29 is 32.2 Å². The number of rotatable bonds is 7. The summed E-state index contributed by atoms with van der Waals surface area (Å²) in [6.07, 6.45) is -0.743. The molecule has 0 radical (unpaired) electrons. The highest BCUT2D eigenvalue weighted by atomic mass is 32.1. The van der Waals surface area contributed by atoms with E-state index in [4.69, 9.17) is 9.47 Å². The van der Waals surface area contributed by atoms with E-state index in [0.717, 1.165) is 36.6 Å². The van der Waals surface area contributed by atoms with Gasteiger partial charge in [-0.15, -0.1) is 0 Å². The molecule has 1 fully saturated rings. The molecule has 0 aliphatic carbocycles. The number of carbonyl (C=O) groups is 2. The minimum absolute atomic E-state index is 0.0433. The van der Waals surface area contributed by atoms with Crippen LogP contribution in [0.2, 0.25) is 0 Å². The largest absolute Gasteiger partial charge is 0.490 e. The fourth-order valence-corrected chi connectivity index (χ4v) is 4.23. The summed E-state index contributed by atoms with van der Waals surface area (Å²) in [5.41, 5.74) is -0.633. The predicted octanol–water partition coefficient (Wildman–Crippen LogP) is 4.89. The Morgan fingerprint density at radius 3 is 2.65 bits per heavy atom. The van der Waals surface area contributed by atoms with Gasteiger partial charge in [0.2, 0.25) is 0 Å². The predicted molar refractivity (Wildman–Crippen MR) is 121 cm³/mol. The molecule has 1 N–H and O–H groups in total. The topological polar surface area (TPSA) is 81.9 Å². The number of cyclic esters (lactones) is 1. The first-order valence-electron chi connectivity index (χ1n) is 11.0. The van der Waals surface area contributed by atoms with Crippen LogP contribution < -0.4 is 14.7 Å². The molecule has 2 amide bonds. The van der Waals surface area contributed by atoms with Crippen molar-refractivity contribution in [1.29, 1.82) is 0 Å². The van der Waals surface area contributed by atoms with Gasteiger partial charge in [0.25, 0.3) is 5.91 Å². The minimum Gasteiger partial charge on any atom is -0.490 e. The van der Waals surface area contributed by atoms with Gasteiger partial charge in [-0.05, 0) is 63.3 Å². The van der Waals surface area contributed by atoms with Crippen LogP contribution in [0.1, 0.15) is 62.0 Å². The first-order valence-corrected chi connectivity index (χ1v) is 11.7. The summed E-state index contributed by atoms with van der Waals surface area (Å²) in [5, 5.41) is 2.52. The molecule has 11 heteroatoms. The van der Waals surface area contributed by atoms with Crippen LogP contribution in [0.15, 0.2) is 29.4 Å². The van der Waals surface area contributed by atoms with E-state index < -0.39 is 29.8 Å². The van der Waals surface area contributed by atoms with Crippen molar-refractivity contribution in [1.82, 2.24) is 9.27 Å². The number of benzene rings is 1. The number of ether oxygens (including phenoxy) is 2. The molecule has 1 atom stereocenters. The Morgan fingerprint density at radius 2 is 2.06 bits per heavy atom. The number of halogens is 3. The van der Waals surface area contributed by atoms with Crippen molar-refractivity contribution in [2.24, 2.45) is 4.99 Å². The molecule has 186 valence electrons. The van der Waals surface area contributed by atoms with Gasteiger partial charge >= 0.3 is 12.3 Å². The van der Waals surface area contributed by atoms with E-state index in [2.05, 4.69) is 17.2 Å². The number of alkyl carbamates (subject to hydrolysis) is 1. The number of hydrogen-bond donors (Lipinski definition) is 1. The van der Waals surface area contributed by atoms with E-state index in [1.807, 2.05) is 30.9 Å². The summed E-state index contributed by atoms with van der Waals surface area (Å²) in [6, 6.07) is 2.23. The number of hydrogen-bond acceptors (Lipinski definition) is 5. The van der Waals surface area contributed by atoms with Crippen LogP contribution in [0, 0.1) is 0 Å². The van der Waals surface area contributed by atoms with Gasteiger partial charge in [0.15, 0.2) is 0 Å². The highest BCUT2D eigenvalue weighted by molar-refractivity contribution is 7.04. The minimum atomic E-state index is -4.63. The molecule has 0 spiro atoms.